The second-order valence-corrected chi connectivity index (χ2v) is 3.75. The summed E-state index contributed by atoms with van der Waals surface area (Å²) in [6.07, 6.45) is -5.12. The average molecular weight is 267 g/mol. The van der Waals surface area contributed by atoms with Gasteiger partial charge in [-0.2, -0.15) is 13.2 Å². The van der Waals surface area contributed by atoms with Crippen LogP contribution in [0.25, 0.3) is 0 Å². The Labute approximate surface area is 98.1 Å². The Bertz CT molecular complexity index is 412. The number of halogens is 3. The molecule has 10 heteroatoms. The van der Waals surface area contributed by atoms with E-state index in [1.165, 1.54) is 5.32 Å². The van der Waals surface area contributed by atoms with Gasteiger partial charge in [0.25, 0.3) is 0 Å². The van der Waals surface area contributed by atoms with Crippen LogP contribution in [0.1, 0.15) is 6.92 Å². The maximum absolute atomic E-state index is 11.9. The molecule has 1 rings (SSSR count). The minimum atomic E-state index is -5.12. The van der Waals surface area contributed by atoms with E-state index in [-0.39, 0.29) is 0 Å². The van der Waals surface area contributed by atoms with Gasteiger partial charge in [-0.1, -0.05) is 0 Å². The predicted octanol–water partition coefficient (Wildman–Crippen LogP) is -0.963. The Kier molecular flexibility index (Phi) is 3.31. The molecule has 0 aromatic heterocycles. The van der Waals surface area contributed by atoms with Crippen molar-refractivity contribution in [3.8, 4) is 0 Å². The van der Waals surface area contributed by atoms with Crippen molar-refractivity contribution in [3.63, 3.8) is 0 Å². The first-order chi connectivity index (χ1) is 8.07. The fourth-order valence-corrected chi connectivity index (χ4v) is 1.13. The highest BCUT2D eigenvalue weighted by molar-refractivity contribution is 6.19. The van der Waals surface area contributed by atoms with Crippen molar-refractivity contribution in [2.75, 3.05) is 6.54 Å². The summed E-state index contributed by atoms with van der Waals surface area (Å²) in [7, 11) is 0. The highest BCUT2D eigenvalue weighted by Crippen LogP contribution is 2.20. The smallest absolute Gasteiger partial charge is 0.347 e. The zero-order valence-corrected chi connectivity index (χ0v) is 8.97. The van der Waals surface area contributed by atoms with Gasteiger partial charge < -0.3 is 5.32 Å². The molecule has 0 radical (unpaired) electrons. The molecular weight excluding hydrogens is 259 g/mol. The van der Waals surface area contributed by atoms with E-state index < -0.39 is 41.9 Å². The Morgan fingerprint density at radius 2 is 1.67 bits per heavy atom. The van der Waals surface area contributed by atoms with E-state index in [1.807, 2.05) is 0 Å². The highest BCUT2D eigenvalue weighted by atomic mass is 19.4. The SMILES string of the molecule is CC1(CNC(=O)C(F)(F)F)C(=O)NC(=O)NC1=O. The van der Waals surface area contributed by atoms with E-state index in [2.05, 4.69) is 0 Å². The van der Waals surface area contributed by atoms with E-state index in [9.17, 15) is 32.3 Å². The van der Waals surface area contributed by atoms with Crippen LogP contribution >= 0.6 is 0 Å². The van der Waals surface area contributed by atoms with Crippen molar-refractivity contribution in [2.24, 2.45) is 5.41 Å². The summed E-state index contributed by atoms with van der Waals surface area (Å²) in [6.45, 7) is 0.122. The molecule has 1 aliphatic heterocycles. The van der Waals surface area contributed by atoms with Gasteiger partial charge in [0.15, 0.2) is 0 Å². The molecule has 0 aromatic rings. The van der Waals surface area contributed by atoms with Gasteiger partial charge in [-0.25, -0.2) is 4.79 Å². The maximum atomic E-state index is 11.9. The molecule has 0 spiro atoms. The quantitative estimate of drug-likeness (QED) is 0.560. The number of alkyl halides is 3. The minimum absolute atomic E-state index is 0.879. The Hall–Kier alpha value is -2.13. The molecule has 1 saturated heterocycles. The lowest BCUT2D eigenvalue weighted by Crippen LogP contribution is -2.64. The molecule has 0 unspecified atom stereocenters. The summed E-state index contributed by atoms with van der Waals surface area (Å²) >= 11 is 0. The van der Waals surface area contributed by atoms with E-state index in [0.717, 1.165) is 6.92 Å². The minimum Gasteiger partial charge on any atom is -0.347 e. The Morgan fingerprint density at radius 3 is 2.06 bits per heavy atom. The molecule has 0 atom stereocenters. The summed E-state index contributed by atoms with van der Waals surface area (Å²) < 4.78 is 35.8. The lowest BCUT2D eigenvalue weighted by Gasteiger charge is -2.30. The van der Waals surface area contributed by atoms with Gasteiger partial charge in [0, 0.05) is 6.54 Å². The highest BCUT2D eigenvalue weighted by Gasteiger charge is 2.48. The van der Waals surface area contributed by atoms with E-state index >= 15 is 0 Å². The van der Waals surface area contributed by atoms with Gasteiger partial charge >= 0.3 is 18.1 Å². The third-order valence-electron chi connectivity index (χ3n) is 2.32. The molecule has 0 aromatic carbocycles. The first kappa shape index (κ1) is 13.9. The van der Waals surface area contributed by atoms with Gasteiger partial charge in [0.1, 0.15) is 5.41 Å². The van der Waals surface area contributed by atoms with Crippen molar-refractivity contribution in [1.29, 1.82) is 0 Å². The maximum Gasteiger partial charge on any atom is 0.471 e. The first-order valence-electron chi connectivity index (χ1n) is 4.59. The number of hydrogen-bond donors (Lipinski definition) is 3. The fourth-order valence-electron chi connectivity index (χ4n) is 1.13. The van der Waals surface area contributed by atoms with Gasteiger partial charge in [-0.05, 0) is 6.92 Å². The summed E-state index contributed by atoms with van der Waals surface area (Å²) in [5.74, 6) is -4.45. The molecule has 18 heavy (non-hydrogen) atoms. The van der Waals surface area contributed by atoms with Gasteiger partial charge in [-0.15, -0.1) is 0 Å². The molecule has 1 heterocycles. The van der Waals surface area contributed by atoms with E-state index in [1.54, 1.807) is 10.6 Å². The Balaban J connectivity index is 2.76. The number of carbonyl (C=O) groups is 4. The van der Waals surface area contributed by atoms with Crippen molar-refractivity contribution < 1.29 is 32.3 Å². The largest absolute Gasteiger partial charge is 0.471 e. The second kappa shape index (κ2) is 4.27. The first-order valence-corrected chi connectivity index (χ1v) is 4.59. The van der Waals surface area contributed by atoms with Crippen LogP contribution in [-0.4, -0.2) is 36.5 Å². The topological polar surface area (TPSA) is 104 Å². The third-order valence-corrected chi connectivity index (χ3v) is 2.32. The molecular formula is C8H8F3N3O4. The molecule has 3 N–H and O–H groups in total. The van der Waals surface area contributed by atoms with Gasteiger partial charge in [0.05, 0.1) is 0 Å². The lowest BCUT2D eigenvalue weighted by atomic mass is 9.87. The number of imide groups is 2. The second-order valence-electron chi connectivity index (χ2n) is 3.75. The molecule has 5 amide bonds. The number of hydrogen-bond acceptors (Lipinski definition) is 4. The monoisotopic (exact) mass is 267 g/mol. The lowest BCUT2D eigenvalue weighted by molar-refractivity contribution is -0.174. The van der Waals surface area contributed by atoms with Crippen LogP contribution in [0.4, 0.5) is 18.0 Å². The third kappa shape index (κ3) is 2.57. The zero-order chi connectivity index (χ0) is 14.1. The van der Waals surface area contributed by atoms with Gasteiger partial charge in [0.2, 0.25) is 11.8 Å². The molecule has 0 saturated carbocycles. The van der Waals surface area contributed by atoms with Crippen LogP contribution in [-0.2, 0) is 14.4 Å². The normalized spacial score (nSPS) is 19.0. The number of amides is 5. The number of nitrogens with one attached hydrogen (secondary N) is 3. The van der Waals surface area contributed by atoms with Crippen LogP contribution in [0.15, 0.2) is 0 Å². The fraction of sp³-hybridized carbons (Fsp3) is 0.500. The van der Waals surface area contributed by atoms with Crippen molar-refractivity contribution in [1.82, 2.24) is 16.0 Å². The van der Waals surface area contributed by atoms with Crippen LogP contribution < -0.4 is 16.0 Å². The van der Waals surface area contributed by atoms with Crippen LogP contribution in [0.2, 0.25) is 0 Å². The number of rotatable bonds is 2. The van der Waals surface area contributed by atoms with E-state index in [0.29, 0.717) is 0 Å². The Morgan fingerprint density at radius 1 is 1.22 bits per heavy atom. The van der Waals surface area contributed by atoms with E-state index in [4.69, 9.17) is 0 Å². The molecule has 1 aliphatic rings. The summed E-state index contributed by atoms with van der Waals surface area (Å²) in [5, 5.41) is 4.85. The molecule has 7 nitrogen and oxygen atoms in total. The van der Waals surface area contributed by atoms with Crippen molar-refractivity contribution >= 4 is 23.8 Å². The molecule has 1 fully saturated rings. The number of barbiturate groups is 1. The molecule has 100 valence electrons. The van der Waals surface area contributed by atoms with Gasteiger partial charge in [-0.3, -0.25) is 25.0 Å². The van der Waals surface area contributed by atoms with Crippen molar-refractivity contribution in [3.05, 3.63) is 0 Å². The summed E-state index contributed by atoms with van der Waals surface area (Å²) in [5.41, 5.74) is -1.98. The van der Waals surface area contributed by atoms with Crippen LogP contribution in [0, 0.1) is 5.41 Å². The summed E-state index contributed by atoms with van der Waals surface area (Å²) in [4.78, 5) is 44.0. The predicted molar refractivity (Wildman–Crippen MR) is 48.9 cm³/mol. The van der Waals surface area contributed by atoms with Crippen LogP contribution in [0.3, 0.4) is 0 Å². The van der Waals surface area contributed by atoms with Crippen molar-refractivity contribution in [2.45, 2.75) is 13.1 Å². The van der Waals surface area contributed by atoms with Crippen LogP contribution in [0.5, 0.6) is 0 Å². The standard InChI is InChI=1S/C8H8F3N3O4/c1-7(2-12-5(17)8(9,10)11)3(15)13-6(18)14-4(7)16/h2H2,1H3,(H,12,17)(H2,13,14,15,16,18). The number of urea groups is 1. The number of carbonyl (C=O) groups excluding carboxylic acids is 4. The molecule has 0 aliphatic carbocycles. The summed E-state index contributed by atoms with van der Waals surface area (Å²) in [6, 6.07) is -1.07. The molecule has 0 bridgehead atoms. The average Bonchev–Trinajstić information content (AvgIpc) is 2.21. The zero-order valence-electron chi connectivity index (χ0n) is 8.97.